The third-order valence-corrected chi connectivity index (χ3v) is 6.81. The molecule has 1 saturated carbocycles. The van der Waals surface area contributed by atoms with Gasteiger partial charge in [-0.15, -0.1) is 4.80 Å². The second-order valence-electron chi connectivity index (χ2n) is 11.8. The number of nitrogens with zero attached hydrogens (tertiary/aromatic N) is 5. The first-order valence-corrected chi connectivity index (χ1v) is 13.0. The van der Waals surface area contributed by atoms with Crippen LogP contribution in [0.15, 0.2) is 30.7 Å². The molecule has 0 spiro atoms. The van der Waals surface area contributed by atoms with E-state index >= 15 is 4.39 Å². The van der Waals surface area contributed by atoms with Crippen molar-refractivity contribution in [2.75, 3.05) is 10.6 Å². The molecule has 1 fully saturated rings. The highest BCUT2D eigenvalue weighted by Crippen LogP contribution is 2.54. The topological polar surface area (TPSA) is 162 Å². The summed E-state index contributed by atoms with van der Waals surface area (Å²) in [5, 5.41) is 17.4. The lowest BCUT2D eigenvalue weighted by molar-refractivity contribution is 0.0500. The molecular weight excluding hydrogens is 517 g/mol. The van der Waals surface area contributed by atoms with Crippen LogP contribution >= 0.6 is 0 Å². The molecule has 5 N–H and O–H groups in total. The molecule has 3 atom stereocenters. The molecule has 0 saturated heterocycles. The number of hydrogen-bond acceptors (Lipinski definition) is 9. The molecule has 2 amide bonds. The fourth-order valence-corrected chi connectivity index (χ4v) is 4.58. The predicted molar refractivity (Wildman–Crippen MR) is 148 cm³/mol. The molecule has 214 valence electrons. The van der Waals surface area contributed by atoms with Gasteiger partial charge in [-0.3, -0.25) is 9.78 Å². The number of aryl methyl sites for hydroxylation is 1. The maximum Gasteiger partial charge on any atom is 0.407 e. The summed E-state index contributed by atoms with van der Waals surface area (Å²) >= 11 is 0. The van der Waals surface area contributed by atoms with Gasteiger partial charge in [0.1, 0.15) is 17.1 Å². The van der Waals surface area contributed by atoms with Crippen LogP contribution in [0.3, 0.4) is 0 Å². The maximum atomic E-state index is 15.3. The standard InChI is InChI=1S/C27H36FN9O3/c1-14-20(37-31-8-9-32-37)10-16(13-30-14)34-23-17(22(29)38)11-19(28)24(36-23)35-21(18-12-27(18,6)7)15(2)33-25(39)40-26(3,4)5/h8-11,13,15,18,21H,12H2,1-7H3,(H2,29,38)(H,33,39)(H2,34,35,36)/t15-,18+,21-/m0/s1. The molecule has 12 nitrogen and oxygen atoms in total. The van der Waals surface area contributed by atoms with E-state index in [2.05, 4.69) is 50.0 Å². The summed E-state index contributed by atoms with van der Waals surface area (Å²) in [5.74, 6) is -1.53. The van der Waals surface area contributed by atoms with E-state index in [0.717, 1.165) is 12.5 Å². The zero-order chi connectivity index (χ0) is 29.4. The molecule has 0 unspecified atom stereocenters. The van der Waals surface area contributed by atoms with Gasteiger partial charge in [-0.1, -0.05) is 13.8 Å². The van der Waals surface area contributed by atoms with Gasteiger partial charge in [0.2, 0.25) is 0 Å². The lowest BCUT2D eigenvalue weighted by Gasteiger charge is -2.29. The number of primary amides is 1. The predicted octanol–water partition coefficient (Wildman–Crippen LogP) is 4.09. The highest BCUT2D eigenvalue weighted by Gasteiger charge is 2.52. The van der Waals surface area contributed by atoms with Crippen LogP contribution in [0.1, 0.15) is 64.0 Å². The van der Waals surface area contributed by atoms with Gasteiger partial charge in [0, 0.05) is 6.04 Å². The van der Waals surface area contributed by atoms with Crippen molar-refractivity contribution in [1.82, 2.24) is 30.3 Å². The number of rotatable bonds is 9. The van der Waals surface area contributed by atoms with Gasteiger partial charge in [0.15, 0.2) is 11.6 Å². The van der Waals surface area contributed by atoms with E-state index in [-0.39, 0.29) is 34.6 Å². The number of hydrogen-bond donors (Lipinski definition) is 4. The van der Waals surface area contributed by atoms with E-state index in [0.29, 0.717) is 17.1 Å². The first-order chi connectivity index (χ1) is 18.6. The molecule has 40 heavy (non-hydrogen) atoms. The smallest absolute Gasteiger partial charge is 0.407 e. The summed E-state index contributed by atoms with van der Waals surface area (Å²) in [4.78, 5) is 34.9. The van der Waals surface area contributed by atoms with Crippen LogP contribution in [-0.2, 0) is 4.74 Å². The van der Waals surface area contributed by atoms with Gasteiger partial charge in [-0.05, 0) is 64.5 Å². The number of nitrogens with two attached hydrogens (primary N) is 1. The summed E-state index contributed by atoms with van der Waals surface area (Å²) < 4.78 is 20.7. The minimum atomic E-state index is -0.852. The van der Waals surface area contributed by atoms with Crippen LogP contribution in [0.5, 0.6) is 0 Å². The number of carbonyl (C=O) groups excluding carboxylic acids is 2. The summed E-state index contributed by atoms with van der Waals surface area (Å²) in [6.07, 6.45) is 4.93. The Morgan fingerprint density at radius 2 is 1.85 bits per heavy atom. The second-order valence-corrected chi connectivity index (χ2v) is 11.8. The summed E-state index contributed by atoms with van der Waals surface area (Å²) in [6, 6.07) is 1.96. The second kappa shape index (κ2) is 10.7. The fourth-order valence-electron chi connectivity index (χ4n) is 4.58. The third kappa shape index (κ3) is 6.64. The lowest BCUT2D eigenvalue weighted by atomic mass is 9.98. The molecule has 1 aliphatic rings. The van der Waals surface area contributed by atoms with Crippen molar-refractivity contribution in [3.05, 3.63) is 47.8 Å². The number of halogens is 1. The van der Waals surface area contributed by atoms with E-state index < -0.39 is 29.5 Å². The minimum Gasteiger partial charge on any atom is -0.444 e. The summed E-state index contributed by atoms with van der Waals surface area (Å²) in [7, 11) is 0. The van der Waals surface area contributed by atoms with Gasteiger partial charge in [-0.2, -0.15) is 10.2 Å². The number of amides is 2. The quantitative estimate of drug-likeness (QED) is 0.306. The van der Waals surface area contributed by atoms with Gasteiger partial charge in [0.25, 0.3) is 5.91 Å². The fraction of sp³-hybridized carbons (Fsp3) is 0.481. The zero-order valence-electron chi connectivity index (χ0n) is 23.7. The zero-order valence-corrected chi connectivity index (χ0v) is 23.7. The Bertz CT molecular complexity index is 1400. The molecule has 3 aromatic rings. The van der Waals surface area contributed by atoms with Crippen molar-refractivity contribution in [3.8, 4) is 5.69 Å². The Balaban J connectivity index is 1.64. The van der Waals surface area contributed by atoms with Gasteiger partial charge >= 0.3 is 6.09 Å². The van der Waals surface area contributed by atoms with Crippen LogP contribution in [0.25, 0.3) is 5.69 Å². The molecule has 4 rings (SSSR count). The Labute approximate surface area is 232 Å². The van der Waals surface area contributed by atoms with Crippen LogP contribution in [0, 0.1) is 24.1 Å². The number of alkyl carbamates (subject to hydrolysis) is 1. The molecule has 3 heterocycles. The van der Waals surface area contributed by atoms with E-state index in [1.165, 1.54) is 4.80 Å². The molecule has 0 aliphatic heterocycles. The summed E-state index contributed by atoms with van der Waals surface area (Å²) in [6.45, 7) is 13.2. The van der Waals surface area contributed by atoms with Crippen LogP contribution in [0.4, 0.5) is 26.5 Å². The van der Waals surface area contributed by atoms with E-state index in [1.807, 2.05) is 13.8 Å². The third-order valence-electron chi connectivity index (χ3n) is 6.81. The van der Waals surface area contributed by atoms with Crippen molar-refractivity contribution < 1.29 is 18.7 Å². The van der Waals surface area contributed by atoms with Gasteiger partial charge < -0.3 is 26.4 Å². The molecule has 0 aromatic carbocycles. The van der Waals surface area contributed by atoms with Crippen molar-refractivity contribution in [1.29, 1.82) is 0 Å². The van der Waals surface area contributed by atoms with E-state index in [1.54, 1.807) is 45.4 Å². The lowest BCUT2D eigenvalue weighted by Crippen LogP contribution is -2.48. The average molecular weight is 554 g/mol. The Hall–Kier alpha value is -4.29. The monoisotopic (exact) mass is 553 g/mol. The van der Waals surface area contributed by atoms with Crippen molar-refractivity contribution in [3.63, 3.8) is 0 Å². The number of anilines is 3. The molecular formula is C27H36FN9O3. The number of ether oxygens (including phenoxy) is 1. The summed E-state index contributed by atoms with van der Waals surface area (Å²) in [5.41, 5.74) is 6.49. The minimum absolute atomic E-state index is 0.0171. The molecule has 0 bridgehead atoms. The van der Waals surface area contributed by atoms with Crippen LogP contribution in [-0.4, -0.2) is 54.6 Å². The van der Waals surface area contributed by atoms with Crippen molar-refractivity contribution in [2.24, 2.45) is 17.1 Å². The number of aromatic nitrogens is 5. The highest BCUT2D eigenvalue weighted by molar-refractivity contribution is 5.98. The van der Waals surface area contributed by atoms with E-state index in [4.69, 9.17) is 10.5 Å². The Morgan fingerprint density at radius 3 is 2.42 bits per heavy atom. The normalized spacial score (nSPS) is 17.4. The Morgan fingerprint density at radius 1 is 1.20 bits per heavy atom. The number of carbonyl (C=O) groups is 2. The number of nitrogens with one attached hydrogen (secondary N) is 3. The van der Waals surface area contributed by atoms with E-state index in [9.17, 15) is 9.59 Å². The van der Waals surface area contributed by atoms with Crippen molar-refractivity contribution >= 4 is 29.3 Å². The molecule has 1 aliphatic carbocycles. The largest absolute Gasteiger partial charge is 0.444 e. The van der Waals surface area contributed by atoms with Crippen LogP contribution in [0.2, 0.25) is 0 Å². The first-order valence-electron chi connectivity index (χ1n) is 13.0. The van der Waals surface area contributed by atoms with Gasteiger partial charge in [0.05, 0.1) is 41.6 Å². The van der Waals surface area contributed by atoms with Gasteiger partial charge in [-0.25, -0.2) is 14.2 Å². The Kier molecular flexibility index (Phi) is 7.68. The molecule has 3 aromatic heterocycles. The first kappa shape index (κ1) is 28.7. The maximum absolute atomic E-state index is 15.3. The SMILES string of the molecule is Cc1ncc(Nc2nc(N[C@@H]([C@H](C)NC(=O)OC(C)(C)C)[C@H]3CC3(C)C)c(F)cc2C(N)=O)cc1-n1nccn1. The molecule has 0 radical (unpaired) electrons. The number of pyridine rings is 2. The highest BCUT2D eigenvalue weighted by atomic mass is 19.1. The average Bonchev–Trinajstić information content (AvgIpc) is 3.20. The van der Waals surface area contributed by atoms with Crippen molar-refractivity contribution in [2.45, 2.75) is 72.6 Å². The van der Waals surface area contributed by atoms with Crippen LogP contribution < -0.4 is 21.7 Å². The molecule has 13 heteroatoms.